The van der Waals surface area contributed by atoms with E-state index in [0.717, 1.165) is 0 Å². The summed E-state index contributed by atoms with van der Waals surface area (Å²) in [5.74, 6) is -0.995. The van der Waals surface area contributed by atoms with Crippen molar-refractivity contribution in [3.05, 3.63) is 29.8 Å². The molecule has 1 aliphatic rings. The molecule has 0 radical (unpaired) electrons. The molecule has 0 aliphatic carbocycles. The summed E-state index contributed by atoms with van der Waals surface area (Å²) < 4.78 is 26.3. The number of carboxylic acids is 1. The lowest BCUT2D eigenvalue weighted by Crippen LogP contribution is -2.39. The Morgan fingerprint density at radius 2 is 1.95 bits per heavy atom. The maximum absolute atomic E-state index is 12.5. The molecule has 1 fully saturated rings. The first-order chi connectivity index (χ1) is 9.37. The van der Waals surface area contributed by atoms with Crippen molar-refractivity contribution < 1.29 is 23.4 Å². The zero-order valence-electron chi connectivity index (χ0n) is 11.1. The van der Waals surface area contributed by atoms with Crippen LogP contribution in [0.15, 0.2) is 29.2 Å². The van der Waals surface area contributed by atoms with Gasteiger partial charge < -0.3 is 10.2 Å². The van der Waals surface area contributed by atoms with Gasteiger partial charge in [0, 0.05) is 6.54 Å². The van der Waals surface area contributed by atoms with E-state index in [1.807, 2.05) is 6.92 Å². The minimum absolute atomic E-state index is 0.0393. The highest BCUT2D eigenvalue weighted by molar-refractivity contribution is 7.89. The maximum Gasteiger partial charge on any atom is 0.335 e. The number of aromatic carboxylic acids is 1. The van der Waals surface area contributed by atoms with Gasteiger partial charge in [0.1, 0.15) is 0 Å². The molecule has 2 atom stereocenters. The molecule has 2 N–H and O–H groups in total. The van der Waals surface area contributed by atoms with Gasteiger partial charge in [-0.25, -0.2) is 13.2 Å². The van der Waals surface area contributed by atoms with Gasteiger partial charge in [-0.3, -0.25) is 0 Å². The Labute approximate surface area is 117 Å². The fraction of sp³-hybridized carbons (Fsp3) is 0.462. The molecule has 2 rings (SSSR count). The van der Waals surface area contributed by atoms with Gasteiger partial charge in [0.2, 0.25) is 10.0 Å². The topological polar surface area (TPSA) is 94.9 Å². The summed E-state index contributed by atoms with van der Waals surface area (Å²) in [4.78, 5) is 10.8. The molecule has 1 saturated heterocycles. The number of sulfonamides is 1. The van der Waals surface area contributed by atoms with Crippen LogP contribution < -0.4 is 0 Å². The van der Waals surface area contributed by atoms with Crippen LogP contribution in [0, 0.1) is 5.92 Å². The summed E-state index contributed by atoms with van der Waals surface area (Å²) >= 11 is 0. The smallest absolute Gasteiger partial charge is 0.335 e. The van der Waals surface area contributed by atoms with Crippen LogP contribution in [0.3, 0.4) is 0 Å². The normalized spacial score (nSPS) is 23.9. The predicted octanol–water partition coefficient (Wildman–Crippen LogP) is 0.776. The van der Waals surface area contributed by atoms with Crippen molar-refractivity contribution in [2.24, 2.45) is 5.92 Å². The zero-order chi connectivity index (χ0) is 14.9. The van der Waals surface area contributed by atoms with E-state index in [-0.39, 0.29) is 23.0 Å². The van der Waals surface area contributed by atoms with Crippen molar-refractivity contribution in [3.8, 4) is 0 Å². The number of carbonyl (C=O) groups is 1. The Hall–Kier alpha value is -1.44. The van der Waals surface area contributed by atoms with E-state index in [9.17, 15) is 18.3 Å². The van der Waals surface area contributed by atoms with Crippen LogP contribution in [-0.2, 0) is 10.0 Å². The van der Waals surface area contributed by atoms with Gasteiger partial charge in [-0.05, 0) is 36.6 Å². The molecule has 0 aromatic heterocycles. The number of rotatable bonds is 4. The third kappa shape index (κ3) is 2.56. The fourth-order valence-electron chi connectivity index (χ4n) is 2.45. The van der Waals surface area contributed by atoms with Gasteiger partial charge in [0.05, 0.1) is 23.1 Å². The zero-order valence-corrected chi connectivity index (χ0v) is 11.9. The van der Waals surface area contributed by atoms with Gasteiger partial charge in [-0.2, -0.15) is 4.31 Å². The SMILES string of the molecule is CC1CCN(S(=O)(=O)c2ccc(C(=O)O)cc2)C1CO. The third-order valence-corrected chi connectivity index (χ3v) is 5.67. The molecule has 1 aromatic carbocycles. The van der Waals surface area contributed by atoms with Crippen LogP contribution in [-0.4, -0.2) is 48.1 Å². The second-order valence-corrected chi connectivity index (χ2v) is 6.85. The van der Waals surface area contributed by atoms with Crippen molar-refractivity contribution >= 4 is 16.0 Å². The average molecular weight is 299 g/mol. The number of benzene rings is 1. The van der Waals surface area contributed by atoms with Gasteiger partial charge in [0.25, 0.3) is 0 Å². The molecule has 110 valence electrons. The van der Waals surface area contributed by atoms with Crippen LogP contribution >= 0.6 is 0 Å². The number of carboxylic acid groups (broad SMARTS) is 1. The molecule has 1 aliphatic heterocycles. The quantitative estimate of drug-likeness (QED) is 0.856. The summed E-state index contributed by atoms with van der Waals surface area (Å²) in [5.41, 5.74) is 0.0393. The van der Waals surface area contributed by atoms with Crippen molar-refractivity contribution in [2.75, 3.05) is 13.2 Å². The lowest BCUT2D eigenvalue weighted by molar-refractivity contribution is 0.0696. The summed E-state index contributed by atoms with van der Waals surface area (Å²) in [7, 11) is -3.69. The van der Waals surface area contributed by atoms with Crippen molar-refractivity contribution in [1.29, 1.82) is 0 Å². The largest absolute Gasteiger partial charge is 0.478 e. The first-order valence-electron chi connectivity index (χ1n) is 6.34. The summed E-state index contributed by atoms with van der Waals surface area (Å²) in [6.45, 7) is 2.06. The fourth-order valence-corrected chi connectivity index (χ4v) is 4.17. The maximum atomic E-state index is 12.5. The predicted molar refractivity (Wildman–Crippen MR) is 71.9 cm³/mol. The van der Waals surface area contributed by atoms with Crippen LogP contribution in [0.2, 0.25) is 0 Å². The summed E-state index contributed by atoms with van der Waals surface area (Å²) in [5, 5.41) is 18.2. The number of hydrogen-bond acceptors (Lipinski definition) is 4. The molecule has 6 nitrogen and oxygen atoms in total. The lowest BCUT2D eigenvalue weighted by atomic mass is 10.0. The minimum Gasteiger partial charge on any atom is -0.478 e. The first kappa shape index (κ1) is 15.0. The van der Waals surface area contributed by atoms with Crippen molar-refractivity contribution in [2.45, 2.75) is 24.3 Å². The third-order valence-electron chi connectivity index (χ3n) is 3.73. The summed E-state index contributed by atoms with van der Waals surface area (Å²) in [6, 6.07) is 4.69. The van der Waals surface area contributed by atoms with E-state index < -0.39 is 22.0 Å². The molecule has 1 heterocycles. The average Bonchev–Trinajstić information content (AvgIpc) is 2.80. The van der Waals surface area contributed by atoms with Crippen LogP contribution in [0.4, 0.5) is 0 Å². The number of hydrogen-bond donors (Lipinski definition) is 2. The standard InChI is InChI=1S/C13H17NO5S/c1-9-6-7-14(12(9)8-15)20(18,19)11-4-2-10(3-5-11)13(16)17/h2-5,9,12,15H,6-8H2,1H3,(H,16,17). The highest BCUT2D eigenvalue weighted by Crippen LogP contribution is 2.29. The van der Waals surface area contributed by atoms with Crippen LogP contribution in [0.1, 0.15) is 23.7 Å². The van der Waals surface area contributed by atoms with E-state index >= 15 is 0 Å². The molecule has 0 amide bonds. The molecule has 0 bridgehead atoms. The second kappa shape index (κ2) is 5.51. The molecule has 0 spiro atoms. The lowest BCUT2D eigenvalue weighted by Gasteiger charge is -2.24. The monoisotopic (exact) mass is 299 g/mol. The molecule has 20 heavy (non-hydrogen) atoms. The van der Waals surface area contributed by atoms with E-state index in [1.54, 1.807) is 0 Å². The molecule has 0 saturated carbocycles. The van der Waals surface area contributed by atoms with Crippen LogP contribution in [0.25, 0.3) is 0 Å². The Morgan fingerprint density at radius 1 is 1.35 bits per heavy atom. The van der Waals surface area contributed by atoms with Gasteiger partial charge in [-0.1, -0.05) is 6.92 Å². The Kier molecular flexibility index (Phi) is 4.12. The molecule has 2 unspecified atom stereocenters. The molecule has 1 aromatic rings. The van der Waals surface area contributed by atoms with Gasteiger partial charge in [0.15, 0.2) is 0 Å². The molecule has 7 heteroatoms. The number of aliphatic hydroxyl groups is 1. The van der Waals surface area contributed by atoms with E-state index in [1.165, 1.54) is 28.6 Å². The van der Waals surface area contributed by atoms with Crippen LogP contribution in [0.5, 0.6) is 0 Å². The highest BCUT2D eigenvalue weighted by atomic mass is 32.2. The van der Waals surface area contributed by atoms with E-state index in [2.05, 4.69) is 0 Å². The Morgan fingerprint density at radius 3 is 2.45 bits per heavy atom. The highest BCUT2D eigenvalue weighted by Gasteiger charge is 2.39. The minimum atomic E-state index is -3.69. The van der Waals surface area contributed by atoms with Crippen molar-refractivity contribution in [3.63, 3.8) is 0 Å². The molecular formula is C13H17NO5S. The van der Waals surface area contributed by atoms with Crippen molar-refractivity contribution in [1.82, 2.24) is 4.31 Å². The van der Waals surface area contributed by atoms with E-state index in [4.69, 9.17) is 5.11 Å². The van der Waals surface area contributed by atoms with Gasteiger partial charge in [-0.15, -0.1) is 0 Å². The number of nitrogens with zero attached hydrogens (tertiary/aromatic N) is 1. The Bertz CT molecular complexity index is 596. The Balaban J connectivity index is 2.33. The van der Waals surface area contributed by atoms with Gasteiger partial charge >= 0.3 is 5.97 Å². The van der Waals surface area contributed by atoms with E-state index in [0.29, 0.717) is 13.0 Å². The summed E-state index contributed by atoms with van der Waals surface area (Å²) in [6.07, 6.45) is 0.706. The molecular weight excluding hydrogens is 282 g/mol. The second-order valence-electron chi connectivity index (χ2n) is 4.96. The first-order valence-corrected chi connectivity index (χ1v) is 7.78. The number of aliphatic hydroxyl groups excluding tert-OH is 1.